The SMILES string of the molecule is COc1ccc2c(O[C@@H]3CC(C(=O)O)N(C(=O)OC(C)(C)C)C3)nccc2c1. The first-order valence-corrected chi connectivity index (χ1v) is 9.00. The van der Waals surface area contributed by atoms with Crippen molar-refractivity contribution in [1.82, 2.24) is 9.88 Å². The molecular weight excluding hydrogens is 364 g/mol. The summed E-state index contributed by atoms with van der Waals surface area (Å²) in [5, 5.41) is 11.2. The van der Waals surface area contributed by atoms with Crippen molar-refractivity contribution in [3.05, 3.63) is 30.5 Å². The largest absolute Gasteiger partial charge is 0.497 e. The summed E-state index contributed by atoms with van der Waals surface area (Å²) in [6.07, 6.45) is 0.602. The Bertz CT molecular complexity index is 892. The molecule has 1 aliphatic rings. The zero-order chi connectivity index (χ0) is 20.5. The molecule has 1 amide bonds. The van der Waals surface area contributed by atoms with Crippen LogP contribution in [0.5, 0.6) is 11.6 Å². The van der Waals surface area contributed by atoms with E-state index in [4.69, 9.17) is 14.2 Å². The molecule has 1 saturated heterocycles. The fourth-order valence-corrected chi connectivity index (χ4v) is 3.15. The Morgan fingerprint density at radius 3 is 2.64 bits per heavy atom. The van der Waals surface area contributed by atoms with E-state index >= 15 is 0 Å². The fraction of sp³-hybridized carbons (Fsp3) is 0.450. The number of ether oxygens (including phenoxy) is 3. The van der Waals surface area contributed by atoms with Gasteiger partial charge in [0, 0.05) is 18.0 Å². The average molecular weight is 388 g/mol. The van der Waals surface area contributed by atoms with E-state index in [0.717, 1.165) is 10.8 Å². The van der Waals surface area contributed by atoms with Gasteiger partial charge in [-0.05, 0) is 50.4 Å². The minimum atomic E-state index is -1.09. The summed E-state index contributed by atoms with van der Waals surface area (Å²) in [6, 6.07) is 6.34. The number of rotatable bonds is 4. The smallest absolute Gasteiger partial charge is 0.411 e. The molecule has 3 rings (SSSR count). The molecule has 0 radical (unpaired) electrons. The van der Waals surface area contributed by atoms with Crippen molar-refractivity contribution in [3.63, 3.8) is 0 Å². The standard InChI is InChI=1S/C20H24N2O6/c1-20(2,3)28-19(25)22-11-14(10-16(22)18(23)24)27-17-15-6-5-13(26-4)9-12(15)7-8-21-17/h5-9,14,16H,10-11H2,1-4H3,(H,23,24)/t14-,16?/m1/s1. The number of carboxylic acids is 1. The highest BCUT2D eigenvalue weighted by molar-refractivity contribution is 5.88. The topological polar surface area (TPSA) is 98.2 Å². The highest BCUT2D eigenvalue weighted by Gasteiger charge is 2.42. The number of aromatic nitrogens is 1. The summed E-state index contributed by atoms with van der Waals surface area (Å²) in [6.45, 7) is 5.32. The Hall–Kier alpha value is -3.03. The van der Waals surface area contributed by atoms with Crippen LogP contribution in [0.15, 0.2) is 30.5 Å². The van der Waals surface area contributed by atoms with Crippen molar-refractivity contribution in [3.8, 4) is 11.6 Å². The number of aliphatic carboxylic acids is 1. The summed E-state index contributed by atoms with van der Waals surface area (Å²) < 4.78 is 16.6. The van der Waals surface area contributed by atoms with Crippen LogP contribution in [0.2, 0.25) is 0 Å². The van der Waals surface area contributed by atoms with Gasteiger partial charge in [-0.1, -0.05) is 0 Å². The van der Waals surface area contributed by atoms with E-state index in [1.807, 2.05) is 18.2 Å². The second-order valence-electron chi connectivity index (χ2n) is 7.67. The van der Waals surface area contributed by atoms with Crippen molar-refractivity contribution in [1.29, 1.82) is 0 Å². The minimum Gasteiger partial charge on any atom is -0.497 e. The van der Waals surface area contributed by atoms with Crippen LogP contribution in [0.3, 0.4) is 0 Å². The van der Waals surface area contributed by atoms with E-state index in [1.165, 1.54) is 4.90 Å². The number of nitrogens with zero attached hydrogens (tertiary/aromatic N) is 2. The number of carbonyl (C=O) groups is 2. The molecule has 8 nitrogen and oxygen atoms in total. The molecule has 1 aromatic heterocycles. The minimum absolute atomic E-state index is 0.111. The summed E-state index contributed by atoms with van der Waals surface area (Å²) in [7, 11) is 1.59. The van der Waals surface area contributed by atoms with Crippen molar-refractivity contribution in [2.45, 2.75) is 44.9 Å². The fourth-order valence-electron chi connectivity index (χ4n) is 3.15. The summed E-state index contributed by atoms with van der Waals surface area (Å²) in [5.41, 5.74) is -0.713. The Kier molecular flexibility index (Phi) is 5.31. The number of carboxylic acid groups (broad SMARTS) is 1. The van der Waals surface area contributed by atoms with Gasteiger partial charge >= 0.3 is 12.1 Å². The molecule has 2 atom stereocenters. The second-order valence-corrected chi connectivity index (χ2v) is 7.67. The summed E-state index contributed by atoms with van der Waals surface area (Å²) >= 11 is 0. The maximum absolute atomic E-state index is 12.4. The maximum Gasteiger partial charge on any atom is 0.411 e. The van der Waals surface area contributed by atoms with Crippen LogP contribution < -0.4 is 9.47 Å². The molecule has 0 aliphatic carbocycles. The molecule has 1 fully saturated rings. The zero-order valence-electron chi connectivity index (χ0n) is 16.3. The lowest BCUT2D eigenvalue weighted by molar-refractivity contribution is -0.142. The number of carbonyl (C=O) groups excluding carboxylic acids is 1. The molecule has 8 heteroatoms. The first-order valence-electron chi connectivity index (χ1n) is 9.00. The maximum atomic E-state index is 12.4. The number of amides is 1. The van der Waals surface area contributed by atoms with Crippen molar-refractivity contribution in [2.24, 2.45) is 0 Å². The number of hydrogen-bond donors (Lipinski definition) is 1. The molecule has 2 heterocycles. The Labute approximate surface area is 163 Å². The normalized spacial score (nSPS) is 19.5. The molecule has 0 saturated carbocycles. The third kappa shape index (κ3) is 4.27. The molecule has 0 bridgehead atoms. The third-order valence-electron chi connectivity index (χ3n) is 4.39. The quantitative estimate of drug-likeness (QED) is 0.859. The molecule has 150 valence electrons. The van der Waals surface area contributed by atoms with Crippen molar-refractivity contribution >= 4 is 22.8 Å². The van der Waals surface area contributed by atoms with Crippen LogP contribution in [-0.2, 0) is 9.53 Å². The number of hydrogen-bond acceptors (Lipinski definition) is 6. The van der Waals surface area contributed by atoms with Crippen LogP contribution >= 0.6 is 0 Å². The Morgan fingerprint density at radius 1 is 1.25 bits per heavy atom. The predicted molar refractivity (Wildman–Crippen MR) is 102 cm³/mol. The molecule has 2 aromatic rings. The first kappa shape index (κ1) is 19.7. The monoisotopic (exact) mass is 388 g/mol. The lowest BCUT2D eigenvalue weighted by atomic mass is 10.1. The molecule has 1 aromatic carbocycles. The predicted octanol–water partition coefficient (Wildman–Crippen LogP) is 3.08. The van der Waals surface area contributed by atoms with Gasteiger partial charge in [0.15, 0.2) is 0 Å². The highest BCUT2D eigenvalue weighted by Crippen LogP contribution is 2.30. The van der Waals surface area contributed by atoms with Crippen LogP contribution in [0.1, 0.15) is 27.2 Å². The van der Waals surface area contributed by atoms with Gasteiger partial charge in [0.2, 0.25) is 5.88 Å². The number of methoxy groups -OCH3 is 1. The number of pyridine rings is 1. The van der Waals surface area contributed by atoms with Gasteiger partial charge in [-0.3, -0.25) is 4.90 Å². The van der Waals surface area contributed by atoms with Gasteiger partial charge in [0.05, 0.1) is 13.7 Å². The Balaban J connectivity index is 1.81. The molecule has 0 spiro atoms. The van der Waals surface area contributed by atoms with Gasteiger partial charge in [0.1, 0.15) is 23.5 Å². The molecule has 28 heavy (non-hydrogen) atoms. The zero-order valence-corrected chi connectivity index (χ0v) is 16.3. The van der Waals surface area contributed by atoms with Gasteiger partial charge in [-0.25, -0.2) is 14.6 Å². The number of benzene rings is 1. The van der Waals surface area contributed by atoms with Crippen LogP contribution in [0, 0.1) is 0 Å². The van der Waals surface area contributed by atoms with Crippen LogP contribution in [-0.4, -0.2) is 58.5 Å². The number of fused-ring (bicyclic) bond motifs is 1. The van der Waals surface area contributed by atoms with E-state index in [2.05, 4.69) is 4.98 Å². The van der Waals surface area contributed by atoms with E-state index in [9.17, 15) is 14.7 Å². The number of likely N-dealkylation sites (tertiary alicyclic amines) is 1. The summed E-state index contributed by atoms with van der Waals surface area (Å²) in [4.78, 5) is 29.5. The molecule has 1 aliphatic heterocycles. The first-order chi connectivity index (χ1) is 13.2. The molecule has 1 unspecified atom stereocenters. The van der Waals surface area contributed by atoms with Gasteiger partial charge in [-0.2, -0.15) is 0 Å². The van der Waals surface area contributed by atoms with E-state index in [0.29, 0.717) is 11.6 Å². The second kappa shape index (κ2) is 7.53. The van der Waals surface area contributed by atoms with Crippen molar-refractivity contribution < 1.29 is 28.9 Å². The Morgan fingerprint density at radius 2 is 2.00 bits per heavy atom. The van der Waals surface area contributed by atoms with Gasteiger partial charge in [-0.15, -0.1) is 0 Å². The lowest BCUT2D eigenvalue weighted by Gasteiger charge is -2.26. The van der Waals surface area contributed by atoms with Crippen LogP contribution in [0.25, 0.3) is 10.8 Å². The van der Waals surface area contributed by atoms with Gasteiger partial charge in [0.25, 0.3) is 0 Å². The highest BCUT2D eigenvalue weighted by atomic mass is 16.6. The molecular formula is C20H24N2O6. The van der Waals surface area contributed by atoms with E-state index in [-0.39, 0.29) is 13.0 Å². The molecule has 1 N–H and O–H groups in total. The van der Waals surface area contributed by atoms with Crippen molar-refractivity contribution in [2.75, 3.05) is 13.7 Å². The van der Waals surface area contributed by atoms with E-state index in [1.54, 1.807) is 40.1 Å². The third-order valence-corrected chi connectivity index (χ3v) is 4.39. The lowest BCUT2D eigenvalue weighted by Crippen LogP contribution is -2.43. The van der Waals surface area contributed by atoms with Gasteiger partial charge < -0.3 is 19.3 Å². The average Bonchev–Trinajstić information content (AvgIpc) is 3.04. The van der Waals surface area contributed by atoms with Crippen LogP contribution in [0.4, 0.5) is 4.79 Å². The van der Waals surface area contributed by atoms with E-state index < -0.39 is 29.8 Å². The summed E-state index contributed by atoms with van der Waals surface area (Å²) in [5.74, 6) is 0.0143.